The van der Waals surface area contributed by atoms with E-state index in [0.29, 0.717) is 5.75 Å². The summed E-state index contributed by atoms with van der Waals surface area (Å²) < 4.78 is 30.3. The van der Waals surface area contributed by atoms with Gasteiger partial charge in [-0.25, -0.2) is 13.2 Å². The first-order valence-electron chi connectivity index (χ1n) is 5.52. The van der Waals surface area contributed by atoms with E-state index < -0.39 is 20.7 Å². The van der Waals surface area contributed by atoms with Gasteiger partial charge in [0.1, 0.15) is 5.75 Å². The highest BCUT2D eigenvalue weighted by Gasteiger charge is 2.30. The van der Waals surface area contributed by atoms with Gasteiger partial charge in [0.05, 0.1) is 23.1 Å². The van der Waals surface area contributed by atoms with Crippen LogP contribution in [0.25, 0.3) is 0 Å². The Morgan fingerprint density at radius 1 is 1.32 bits per heavy atom. The van der Waals surface area contributed by atoms with E-state index in [0.717, 1.165) is 0 Å². The lowest BCUT2D eigenvalue weighted by Gasteiger charge is -2.21. The summed E-state index contributed by atoms with van der Waals surface area (Å²) in [5.74, 6) is -0.842. The normalized spacial score (nSPS) is 12.0. The molecule has 0 saturated heterocycles. The molecule has 106 valence electrons. The van der Waals surface area contributed by atoms with E-state index >= 15 is 0 Å². The second-order valence-corrected chi connectivity index (χ2v) is 7.37. The van der Waals surface area contributed by atoms with Crippen LogP contribution in [0.4, 0.5) is 5.69 Å². The second-order valence-electron chi connectivity index (χ2n) is 4.93. The molecule has 0 unspecified atom stereocenters. The van der Waals surface area contributed by atoms with Crippen LogP contribution in [0, 0.1) is 0 Å². The van der Waals surface area contributed by atoms with Gasteiger partial charge in [-0.3, -0.25) is 4.72 Å². The predicted molar refractivity (Wildman–Crippen MR) is 72.2 cm³/mol. The monoisotopic (exact) mass is 287 g/mol. The highest BCUT2D eigenvalue weighted by atomic mass is 32.2. The molecule has 0 bridgehead atoms. The maximum atomic E-state index is 12.1. The molecule has 0 aliphatic heterocycles. The van der Waals surface area contributed by atoms with E-state index in [1.165, 1.54) is 46.1 Å². The third kappa shape index (κ3) is 3.37. The minimum atomic E-state index is -3.70. The fourth-order valence-corrected chi connectivity index (χ4v) is 1.98. The number of carbonyl (C=O) groups is 1. The molecule has 1 aromatic carbocycles. The van der Waals surface area contributed by atoms with Crippen molar-refractivity contribution < 1.29 is 23.1 Å². The molecule has 0 spiro atoms. The first-order valence-corrected chi connectivity index (χ1v) is 7.00. The van der Waals surface area contributed by atoms with Crippen LogP contribution >= 0.6 is 0 Å². The molecule has 0 saturated carbocycles. The van der Waals surface area contributed by atoms with Gasteiger partial charge in [-0.1, -0.05) is 0 Å². The highest BCUT2D eigenvalue weighted by Crippen LogP contribution is 2.26. The maximum absolute atomic E-state index is 12.1. The number of hydrogen-bond donors (Lipinski definition) is 2. The zero-order chi connectivity index (χ0) is 14.8. The van der Waals surface area contributed by atoms with Gasteiger partial charge >= 0.3 is 5.97 Å². The van der Waals surface area contributed by atoms with Gasteiger partial charge in [-0.15, -0.1) is 0 Å². The Labute approximate surface area is 112 Å². The van der Waals surface area contributed by atoms with Crippen molar-refractivity contribution in [3.8, 4) is 5.75 Å². The van der Waals surface area contributed by atoms with Crippen LogP contribution in [0.3, 0.4) is 0 Å². The molecule has 1 rings (SSSR count). The second kappa shape index (κ2) is 5.08. The zero-order valence-electron chi connectivity index (χ0n) is 11.2. The van der Waals surface area contributed by atoms with Crippen molar-refractivity contribution in [2.24, 2.45) is 0 Å². The van der Waals surface area contributed by atoms with Crippen LogP contribution in [0.2, 0.25) is 0 Å². The number of aromatic carboxylic acids is 1. The number of sulfonamides is 1. The van der Waals surface area contributed by atoms with E-state index in [1.807, 2.05) is 0 Å². The largest absolute Gasteiger partial charge is 0.497 e. The van der Waals surface area contributed by atoms with Crippen molar-refractivity contribution in [2.45, 2.75) is 25.5 Å². The summed E-state index contributed by atoms with van der Waals surface area (Å²) >= 11 is 0. The van der Waals surface area contributed by atoms with Gasteiger partial charge in [0.25, 0.3) is 0 Å². The number of anilines is 1. The van der Waals surface area contributed by atoms with Crippen LogP contribution in [0.15, 0.2) is 18.2 Å². The molecule has 6 nitrogen and oxygen atoms in total. The number of carboxylic acids is 1. The number of nitrogens with one attached hydrogen (secondary N) is 1. The van der Waals surface area contributed by atoms with Crippen molar-refractivity contribution in [2.75, 3.05) is 11.8 Å². The number of benzene rings is 1. The van der Waals surface area contributed by atoms with Crippen molar-refractivity contribution in [1.82, 2.24) is 0 Å². The lowest BCUT2D eigenvalue weighted by molar-refractivity contribution is 0.0698. The lowest BCUT2D eigenvalue weighted by atomic mass is 10.2. The Bertz CT molecular complexity index is 587. The Kier molecular flexibility index (Phi) is 4.09. The van der Waals surface area contributed by atoms with Crippen LogP contribution in [-0.2, 0) is 10.0 Å². The molecule has 0 aromatic heterocycles. The summed E-state index contributed by atoms with van der Waals surface area (Å²) in [4.78, 5) is 11.1. The van der Waals surface area contributed by atoms with E-state index in [4.69, 9.17) is 9.84 Å². The topological polar surface area (TPSA) is 92.7 Å². The van der Waals surface area contributed by atoms with Gasteiger partial charge < -0.3 is 9.84 Å². The summed E-state index contributed by atoms with van der Waals surface area (Å²) in [6, 6.07) is 4.09. The molecule has 0 heterocycles. The number of carboxylic acid groups (broad SMARTS) is 1. The molecule has 0 aliphatic carbocycles. The molecule has 0 atom stereocenters. The quantitative estimate of drug-likeness (QED) is 0.882. The third-order valence-electron chi connectivity index (χ3n) is 2.51. The van der Waals surface area contributed by atoms with Gasteiger partial charge in [0.2, 0.25) is 10.0 Å². The summed E-state index contributed by atoms with van der Waals surface area (Å²) in [6.45, 7) is 4.57. The van der Waals surface area contributed by atoms with Gasteiger partial charge in [0, 0.05) is 6.07 Å². The standard InChI is InChI=1S/C12H17NO5S/c1-12(2,3)19(16,17)13-10-7-8(18-4)5-6-9(10)11(14)15/h5-7,13H,1-4H3,(H,14,15). The first kappa shape index (κ1) is 15.3. The fourth-order valence-electron chi connectivity index (χ4n) is 1.22. The molecule has 1 aromatic rings. The van der Waals surface area contributed by atoms with Crippen LogP contribution in [-0.4, -0.2) is 31.4 Å². The average Bonchev–Trinajstić information content (AvgIpc) is 2.26. The minimum absolute atomic E-state index is 0.0122. The molecule has 0 radical (unpaired) electrons. The average molecular weight is 287 g/mol. The van der Waals surface area contributed by atoms with Gasteiger partial charge in [-0.2, -0.15) is 0 Å². The first-order chi connectivity index (χ1) is 8.58. The molecule has 19 heavy (non-hydrogen) atoms. The lowest BCUT2D eigenvalue weighted by Crippen LogP contribution is -2.34. The number of methoxy groups -OCH3 is 1. The highest BCUT2D eigenvalue weighted by molar-refractivity contribution is 7.94. The third-order valence-corrected chi connectivity index (χ3v) is 4.61. The molecule has 2 N–H and O–H groups in total. The Morgan fingerprint density at radius 3 is 2.32 bits per heavy atom. The van der Waals surface area contributed by atoms with E-state index in [9.17, 15) is 13.2 Å². The van der Waals surface area contributed by atoms with Gasteiger partial charge in [-0.05, 0) is 32.9 Å². The Balaban J connectivity index is 3.30. The zero-order valence-corrected chi connectivity index (χ0v) is 12.0. The molecule has 0 fully saturated rings. The smallest absolute Gasteiger partial charge is 0.337 e. The summed E-state index contributed by atoms with van der Waals surface area (Å²) in [7, 11) is -2.29. The Hall–Kier alpha value is -1.76. The van der Waals surface area contributed by atoms with E-state index in [2.05, 4.69) is 4.72 Å². The van der Waals surface area contributed by atoms with E-state index in [-0.39, 0.29) is 11.3 Å². The molecular formula is C12H17NO5S. The van der Waals surface area contributed by atoms with Crippen molar-refractivity contribution in [3.05, 3.63) is 23.8 Å². The molecule has 0 amide bonds. The van der Waals surface area contributed by atoms with Crippen LogP contribution in [0.5, 0.6) is 5.75 Å². The number of hydrogen-bond acceptors (Lipinski definition) is 4. The fraction of sp³-hybridized carbons (Fsp3) is 0.417. The maximum Gasteiger partial charge on any atom is 0.337 e. The van der Waals surface area contributed by atoms with Crippen LogP contribution < -0.4 is 9.46 Å². The number of rotatable bonds is 4. The summed E-state index contributed by atoms with van der Waals surface area (Å²) in [6.07, 6.45) is 0. The predicted octanol–water partition coefficient (Wildman–Crippen LogP) is 1.93. The van der Waals surface area contributed by atoms with E-state index in [1.54, 1.807) is 0 Å². The number of ether oxygens (including phenoxy) is 1. The van der Waals surface area contributed by atoms with Crippen molar-refractivity contribution in [1.29, 1.82) is 0 Å². The molecule has 0 aliphatic rings. The molecular weight excluding hydrogens is 270 g/mol. The molecule has 7 heteroatoms. The van der Waals surface area contributed by atoms with Crippen LogP contribution in [0.1, 0.15) is 31.1 Å². The van der Waals surface area contributed by atoms with Crippen molar-refractivity contribution >= 4 is 21.7 Å². The SMILES string of the molecule is COc1ccc(C(=O)O)c(NS(=O)(=O)C(C)(C)C)c1. The van der Waals surface area contributed by atoms with Gasteiger partial charge in [0.15, 0.2) is 0 Å². The summed E-state index contributed by atoms with van der Waals surface area (Å²) in [5, 5.41) is 9.05. The van der Waals surface area contributed by atoms with Crippen molar-refractivity contribution in [3.63, 3.8) is 0 Å². The summed E-state index contributed by atoms with van der Waals surface area (Å²) in [5.41, 5.74) is -0.143. The Morgan fingerprint density at radius 2 is 1.89 bits per heavy atom. The minimum Gasteiger partial charge on any atom is -0.497 e.